The van der Waals surface area contributed by atoms with Crippen molar-refractivity contribution >= 4 is 11.9 Å². The molecule has 1 aromatic heterocycles. The van der Waals surface area contributed by atoms with E-state index in [1.165, 1.54) is 20.3 Å². The zero-order chi connectivity index (χ0) is 17.0. The highest BCUT2D eigenvalue weighted by atomic mass is 16.5. The average Bonchev–Trinajstić information content (AvgIpc) is 3.03. The minimum Gasteiger partial charge on any atom is -0.502 e. The zero-order valence-electron chi connectivity index (χ0n) is 13.6. The fraction of sp³-hybridized carbons (Fsp3) is 0.294. The molecule has 0 fully saturated rings. The van der Waals surface area contributed by atoms with E-state index in [0.29, 0.717) is 11.1 Å². The summed E-state index contributed by atoms with van der Waals surface area (Å²) in [5, 5.41) is 14.0. The van der Waals surface area contributed by atoms with Crippen LogP contribution < -0.4 is 9.47 Å². The summed E-state index contributed by atoms with van der Waals surface area (Å²) in [5.74, 6) is 0.341. The van der Waals surface area contributed by atoms with Gasteiger partial charge in [-0.15, -0.1) is 0 Å². The van der Waals surface area contributed by atoms with E-state index in [4.69, 9.17) is 9.47 Å². The van der Waals surface area contributed by atoms with Crippen LogP contribution in [0.15, 0.2) is 30.6 Å². The Labute approximate surface area is 135 Å². The number of hydrogen-bond acceptors (Lipinski definition) is 5. The second-order valence-corrected chi connectivity index (χ2v) is 5.27. The van der Waals surface area contributed by atoms with Crippen LogP contribution in [-0.2, 0) is 0 Å². The van der Waals surface area contributed by atoms with E-state index in [1.54, 1.807) is 35.3 Å². The first-order chi connectivity index (χ1) is 11.0. The number of ether oxygens (including phenoxy) is 2. The summed E-state index contributed by atoms with van der Waals surface area (Å²) in [4.78, 5) is 12.2. The third-order valence-corrected chi connectivity index (χ3v) is 3.34. The fourth-order valence-electron chi connectivity index (χ4n) is 2.03. The van der Waals surface area contributed by atoms with Gasteiger partial charge in [0, 0.05) is 12.2 Å². The van der Waals surface area contributed by atoms with Crippen LogP contribution in [0.4, 0.5) is 0 Å². The van der Waals surface area contributed by atoms with E-state index in [2.05, 4.69) is 5.10 Å². The van der Waals surface area contributed by atoms with E-state index in [1.807, 2.05) is 13.8 Å². The van der Waals surface area contributed by atoms with Gasteiger partial charge in [-0.1, -0.05) is 6.08 Å². The second-order valence-electron chi connectivity index (χ2n) is 5.27. The topological polar surface area (TPSA) is 73.6 Å². The van der Waals surface area contributed by atoms with Crippen molar-refractivity contribution in [1.29, 1.82) is 0 Å². The van der Waals surface area contributed by atoms with Crippen LogP contribution in [0.2, 0.25) is 0 Å². The predicted octanol–water partition coefficient (Wildman–Crippen LogP) is 3.08. The van der Waals surface area contributed by atoms with Crippen molar-refractivity contribution in [3.05, 3.63) is 41.7 Å². The third-order valence-electron chi connectivity index (χ3n) is 3.34. The number of allylic oxidation sites excluding steroid dienone is 1. The number of ketones is 1. The summed E-state index contributed by atoms with van der Waals surface area (Å²) in [6, 6.07) is 3.45. The first-order valence-electron chi connectivity index (χ1n) is 7.17. The number of methoxy groups -OCH3 is 2. The maximum Gasteiger partial charge on any atom is 0.200 e. The minimum atomic E-state index is -0.150. The molecule has 0 aliphatic carbocycles. The van der Waals surface area contributed by atoms with E-state index in [9.17, 15) is 9.90 Å². The van der Waals surface area contributed by atoms with Gasteiger partial charge in [0.2, 0.25) is 5.75 Å². The Morgan fingerprint density at radius 3 is 2.35 bits per heavy atom. The molecule has 0 saturated carbocycles. The molecule has 0 aliphatic heterocycles. The molecule has 0 saturated heterocycles. The van der Waals surface area contributed by atoms with Crippen LogP contribution in [0.5, 0.6) is 17.2 Å². The Bertz CT molecular complexity index is 707. The quantitative estimate of drug-likeness (QED) is 0.655. The molecule has 1 N–H and O–H groups in total. The van der Waals surface area contributed by atoms with Crippen LogP contribution in [0.25, 0.3) is 6.08 Å². The molecule has 23 heavy (non-hydrogen) atoms. The number of rotatable bonds is 6. The van der Waals surface area contributed by atoms with Crippen LogP contribution in [0.1, 0.15) is 35.8 Å². The summed E-state index contributed by atoms with van der Waals surface area (Å²) in [6.07, 6.45) is 6.35. The molecule has 6 nitrogen and oxygen atoms in total. The van der Waals surface area contributed by atoms with Gasteiger partial charge in [-0.3, -0.25) is 9.48 Å². The Hall–Kier alpha value is -2.76. The first-order valence-corrected chi connectivity index (χ1v) is 7.17. The Balaban J connectivity index is 2.23. The van der Waals surface area contributed by atoms with Crippen molar-refractivity contribution < 1.29 is 19.4 Å². The van der Waals surface area contributed by atoms with Crippen molar-refractivity contribution in [2.24, 2.45) is 0 Å². The summed E-state index contributed by atoms with van der Waals surface area (Å²) in [7, 11) is 2.90. The van der Waals surface area contributed by atoms with Crippen LogP contribution >= 0.6 is 0 Å². The highest BCUT2D eigenvalue weighted by Crippen LogP contribution is 2.37. The van der Waals surface area contributed by atoms with Crippen molar-refractivity contribution in [3.63, 3.8) is 0 Å². The molecule has 0 aliphatic rings. The van der Waals surface area contributed by atoms with Crippen LogP contribution in [0, 0.1) is 0 Å². The Morgan fingerprint density at radius 1 is 1.26 bits per heavy atom. The van der Waals surface area contributed by atoms with Gasteiger partial charge < -0.3 is 14.6 Å². The maximum absolute atomic E-state index is 12.2. The van der Waals surface area contributed by atoms with Crippen molar-refractivity contribution in [1.82, 2.24) is 9.78 Å². The first kappa shape index (κ1) is 16.6. The molecule has 0 unspecified atom stereocenters. The van der Waals surface area contributed by atoms with Gasteiger partial charge in [-0.05, 0) is 37.6 Å². The number of nitrogens with zero attached hydrogens (tertiary/aromatic N) is 2. The largest absolute Gasteiger partial charge is 0.502 e. The molecule has 0 bridgehead atoms. The lowest BCUT2D eigenvalue weighted by Gasteiger charge is -2.09. The lowest BCUT2D eigenvalue weighted by Crippen LogP contribution is -2.00. The number of carbonyl (C=O) groups is 1. The Morgan fingerprint density at radius 2 is 1.87 bits per heavy atom. The van der Waals surface area contributed by atoms with Gasteiger partial charge in [-0.25, -0.2) is 0 Å². The number of aromatic nitrogens is 2. The van der Waals surface area contributed by atoms with Gasteiger partial charge in [0.15, 0.2) is 17.3 Å². The van der Waals surface area contributed by atoms with E-state index in [0.717, 1.165) is 0 Å². The van der Waals surface area contributed by atoms with Gasteiger partial charge in [0.1, 0.15) is 0 Å². The number of benzene rings is 1. The van der Waals surface area contributed by atoms with E-state index >= 15 is 0 Å². The molecule has 0 radical (unpaired) electrons. The van der Waals surface area contributed by atoms with Crippen molar-refractivity contribution in [2.45, 2.75) is 19.9 Å². The number of hydrogen-bond donors (Lipinski definition) is 1. The lowest BCUT2D eigenvalue weighted by molar-refractivity contribution is 0.104. The van der Waals surface area contributed by atoms with E-state index in [-0.39, 0.29) is 29.1 Å². The number of phenolic OH excluding ortho intramolecular Hbond substituents is 1. The monoisotopic (exact) mass is 316 g/mol. The van der Waals surface area contributed by atoms with Gasteiger partial charge in [-0.2, -0.15) is 5.10 Å². The van der Waals surface area contributed by atoms with Gasteiger partial charge >= 0.3 is 0 Å². The second kappa shape index (κ2) is 7.00. The summed E-state index contributed by atoms with van der Waals surface area (Å²) < 4.78 is 11.9. The Kier molecular flexibility index (Phi) is 5.05. The summed E-state index contributed by atoms with van der Waals surface area (Å²) in [6.45, 7) is 3.98. The smallest absolute Gasteiger partial charge is 0.200 e. The average molecular weight is 316 g/mol. The summed E-state index contributed by atoms with van der Waals surface area (Å²) in [5.41, 5.74) is 1.20. The molecule has 2 aromatic rings. The number of carbonyl (C=O) groups excluding carboxylic acids is 1. The molecule has 2 rings (SSSR count). The van der Waals surface area contributed by atoms with Crippen LogP contribution in [-0.4, -0.2) is 34.9 Å². The normalized spacial score (nSPS) is 11.2. The predicted molar refractivity (Wildman–Crippen MR) is 87.2 cm³/mol. The lowest BCUT2D eigenvalue weighted by atomic mass is 10.1. The van der Waals surface area contributed by atoms with Crippen LogP contribution in [0.3, 0.4) is 0 Å². The molecule has 0 amide bonds. The molecular weight excluding hydrogens is 296 g/mol. The van der Waals surface area contributed by atoms with Crippen molar-refractivity contribution in [2.75, 3.05) is 14.2 Å². The van der Waals surface area contributed by atoms with Gasteiger partial charge in [0.25, 0.3) is 0 Å². The number of phenols is 1. The molecule has 1 aromatic carbocycles. The maximum atomic E-state index is 12.2. The third kappa shape index (κ3) is 3.71. The molecule has 122 valence electrons. The molecule has 0 spiro atoms. The SMILES string of the molecule is COc1cc(/C=C/C(=O)c2cnn(C(C)C)c2)cc(OC)c1O. The molecule has 6 heteroatoms. The molecular formula is C17H20N2O4. The highest BCUT2D eigenvalue weighted by molar-refractivity contribution is 6.06. The zero-order valence-corrected chi connectivity index (χ0v) is 13.6. The van der Waals surface area contributed by atoms with E-state index < -0.39 is 0 Å². The molecule has 0 atom stereocenters. The highest BCUT2D eigenvalue weighted by Gasteiger charge is 2.11. The van der Waals surface area contributed by atoms with Gasteiger partial charge in [0.05, 0.1) is 26.0 Å². The fourth-order valence-corrected chi connectivity index (χ4v) is 2.03. The minimum absolute atomic E-state index is 0.0725. The number of aromatic hydroxyl groups is 1. The summed E-state index contributed by atoms with van der Waals surface area (Å²) >= 11 is 0. The molecule has 1 heterocycles. The standard InChI is InChI=1S/C17H20N2O4/c1-11(2)19-10-13(9-18-19)14(20)6-5-12-7-15(22-3)17(21)16(8-12)23-4/h5-11,21H,1-4H3/b6-5+. The van der Waals surface area contributed by atoms with Crippen molar-refractivity contribution in [3.8, 4) is 17.2 Å².